The Balaban J connectivity index is 1.78. The van der Waals surface area contributed by atoms with Crippen LogP contribution in [0.3, 0.4) is 0 Å². The van der Waals surface area contributed by atoms with Gasteiger partial charge in [-0.15, -0.1) is 5.10 Å². The van der Waals surface area contributed by atoms with Crippen LogP contribution < -0.4 is 5.32 Å². The maximum Gasteiger partial charge on any atom is 0.245 e. The molecule has 0 aliphatic carbocycles. The van der Waals surface area contributed by atoms with Crippen molar-refractivity contribution in [2.75, 3.05) is 0 Å². The molecule has 27 heavy (non-hydrogen) atoms. The van der Waals surface area contributed by atoms with E-state index in [1.807, 2.05) is 0 Å². The van der Waals surface area contributed by atoms with Gasteiger partial charge in [-0.2, -0.15) is 0 Å². The molecule has 2 aromatic carbocycles. The van der Waals surface area contributed by atoms with Crippen molar-refractivity contribution in [1.29, 1.82) is 0 Å². The SMILES string of the molecule is Cc1nnnn1C(Cc1ccc(F)cc1)C(=O)NCc1ccc(Cl)cc1Cl. The highest BCUT2D eigenvalue weighted by atomic mass is 35.5. The van der Waals surface area contributed by atoms with Crippen molar-refractivity contribution in [1.82, 2.24) is 25.5 Å². The summed E-state index contributed by atoms with van der Waals surface area (Å²) in [7, 11) is 0. The standard InChI is InChI=1S/C18H16Cl2FN5O/c1-11-23-24-25-26(11)17(8-12-2-6-15(21)7-3-12)18(27)22-10-13-4-5-14(19)9-16(13)20/h2-7,9,17H,8,10H2,1H3,(H,22,27). The molecule has 0 bridgehead atoms. The number of halogens is 3. The first-order chi connectivity index (χ1) is 12.9. The summed E-state index contributed by atoms with van der Waals surface area (Å²) in [4.78, 5) is 12.8. The van der Waals surface area contributed by atoms with Crippen molar-refractivity contribution in [3.05, 3.63) is 75.3 Å². The fraction of sp³-hybridized carbons (Fsp3) is 0.222. The number of benzene rings is 2. The molecule has 6 nitrogen and oxygen atoms in total. The quantitative estimate of drug-likeness (QED) is 0.678. The summed E-state index contributed by atoms with van der Waals surface area (Å²) >= 11 is 12.0. The first-order valence-corrected chi connectivity index (χ1v) is 8.90. The number of tetrazole rings is 1. The molecule has 0 fully saturated rings. The first kappa shape index (κ1) is 19.3. The molecule has 1 aromatic heterocycles. The Morgan fingerprint density at radius 1 is 1.22 bits per heavy atom. The van der Waals surface area contributed by atoms with Crippen molar-refractivity contribution in [3.8, 4) is 0 Å². The highest BCUT2D eigenvalue weighted by Gasteiger charge is 2.24. The Hall–Kier alpha value is -2.51. The average Bonchev–Trinajstić information content (AvgIpc) is 3.06. The third-order valence-corrected chi connectivity index (χ3v) is 4.65. The summed E-state index contributed by atoms with van der Waals surface area (Å²) in [5, 5.41) is 15.2. The lowest BCUT2D eigenvalue weighted by Gasteiger charge is -2.18. The van der Waals surface area contributed by atoms with E-state index < -0.39 is 6.04 Å². The Kier molecular flexibility index (Phi) is 6.03. The van der Waals surface area contributed by atoms with Crippen molar-refractivity contribution in [3.63, 3.8) is 0 Å². The number of carbonyl (C=O) groups excluding carboxylic acids is 1. The number of nitrogens with one attached hydrogen (secondary N) is 1. The molecule has 0 saturated carbocycles. The van der Waals surface area contributed by atoms with Gasteiger partial charge in [0.25, 0.3) is 0 Å². The summed E-state index contributed by atoms with van der Waals surface area (Å²) in [6, 6.07) is 10.4. The van der Waals surface area contributed by atoms with Gasteiger partial charge in [0, 0.05) is 23.0 Å². The van der Waals surface area contributed by atoms with Crippen molar-refractivity contribution >= 4 is 29.1 Å². The minimum atomic E-state index is -0.684. The largest absolute Gasteiger partial charge is 0.350 e. The van der Waals surface area contributed by atoms with Crippen LogP contribution in [-0.2, 0) is 17.8 Å². The van der Waals surface area contributed by atoms with Gasteiger partial charge in [-0.1, -0.05) is 41.4 Å². The Morgan fingerprint density at radius 3 is 2.59 bits per heavy atom. The van der Waals surface area contributed by atoms with Crippen LogP contribution in [0, 0.1) is 12.7 Å². The molecule has 3 rings (SSSR count). The van der Waals surface area contributed by atoms with E-state index in [2.05, 4.69) is 20.8 Å². The van der Waals surface area contributed by atoms with E-state index in [9.17, 15) is 9.18 Å². The molecule has 1 N–H and O–H groups in total. The molecule has 0 spiro atoms. The summed E-state index contributed by atoms with van der Waals surface area (Å²) < 4.78 is 14.6. The highest BCUT2D eigenvalue weighted by molar-refractivity contribution is 6.35. The number of nitrogens with zero attached hydrogens (tertiary/aromatic N) is 4. The maximum absolute atomic E-state index is 13.2. The molecule has 9 heteroatoms. The molecule has 140 valence electrons. The molecular weight excluding hydrogens is 392 g/mol. The molecule has 0 saturated heterocycles. The van der Waals surface area contributed by atoms with E-state index in [0.29, 0.717) is 22.3 Å². The second-order valence-corrected chi connectivity index (χ2v) is 6.81. The van der Waals surface area contributed by atoms with Crippen LogP contribution in [-0.4, -0.2) is 26.1 Å². The van der Waals surface area contributed by atoms with Gasteiger partial charge in [0.2, 0.25) is 5.91 Å². The van der Waals surface area contributed by atoms with Gasteiger partial charge in [0.1, 0.15) is 17.7 Å². The van der Waals surface area contributed by atoms with E-state index in [0.717, 1.165) is 11.1 Å². The summed E-state index contributed by atoms with van der Waals surface area (Å²) in [6.45, 7) is 1.94. The van der Waals surface area contributed by atoms with Crippen LogP contribution in [0.1, 0.15) is 23.0 Å². The molecule has 1 heterocycles. The second-order valence-electron chi connectivity index (χ2n) is 5.97. The van der Waals surface area contributed by atoms with Crippen molar-refractivity contribution < 1.29 is 9.18 Å². The lowest BCUT2D eigenvalue weighted by atomic mass is 10.0. The number of carbonyl (C=O) groups is 1. The van der Waals surface area contributed by atoms with Gasteiger partial charge < -0.3 is 5.32 Å². The Labute approximate surface area is 165 Å². The summed E-state index contributed by atoms with van der Waals surface area (Å²) in [5.74, 6) is -0.113. The topological polar surface area (TPSA) is 72.7 Å². The smallest absolute Gasteiger partial charge is 0.245 e. The van der Waals surface area contributed by atoms with Gasteiger partial charge in [0.05, 0.1) is 0 Å². The van der Waals surface area contributed by atoms with Gasteiger partial charge >= 0.3 is 0 Å². The van der Waals surface area contributed by atoms with Crippen LogP contribution in [0.25, 0.3) is 0 Å². The van der Waals surface area contributed by atoms with Gasteiger partial charge in [-0.05, 0) is 52.7 Å². The van der Waals surface area contributed by atoms with Crippen LogP contribution in [0.2, 0.25) is 10.0 Å². The van der Waals surface area contributed by atoms with E-state index in [4.69, 9.17) is 23.2 Å². The normalized spacial score (nSPS) is 12.0. The van der Waals surface area contributed by atoms with Crippen LogP contribution in [0.15, 0.2) is 42.5 Å². The molecule has 0 radical (unpaired) electrons. The van der Waals surface area contributed by atoms with Gasteiger partial charge in [-0.3, -0.25) is 4.79 Å². The zero-order valence-corrected chi connectivity index (χ0v) is 15.9. The maximum atomic E-state index is 13.2. The van der Waals surface area contributed by atoms with Gasteiger partial charge in [0.15, 0.2) is 0 Å². The first-order valence-electron chi connectivity index (χ1n) is 8.14. The fourth-order valence-electron chi connectivity index (χ4n) is 2.63. The Morgan fingerprint density at radius 2 is 1.96 bits per heavy atom. The monoisotopic (exact) mass is 407 g/mol. The van der Waals surface area contributed by atoms with Crippen LogP contribution in [0.4, 0.5) is 4.39 Å². The van der Waals surface area contributed by atoms with E-state index in [1.54, 1.807) is 37.3 Å². The third kappa shape index (κ3) is 4.81. The number of amides is 1. The van der Waals surface area contributed by atoms with E-state index in [1.165, 1.54) is 16.8 Å². The zero-order valence-electron chi connectivity index (χ0n) is 14.4. The molecule has 1 atom stereocenters. The molecule has 1 amide bonds. The average molecular weight is 408 g/mol. The molecular formula is C18H16Cl2FN5O. The molecule has 0 aliphatic rings. The number of hydrogen-bond donors (Lipinski definition) is 1. The lowest BCUT2D eigenvalue weighted by molar-refractivity contribution is -0.124. The van der Waals surface area contributed by atoms with Crippen molar-refractivity contribution in [2.45, 2.75) is 25.9 Å². The zero-order chi connectivity index (χ0) is 19.4. The fourth-order valence-corrected chi connectivity index (χ4v) is 3.10. The Bertz CT molecular complexity index is 945. The molecule has 0 aliphatic heterocycles. The minimum absolute atomic E-state index is 0.232. The number of hydrogen-bond acceptors (Lipinski definition) is 4. The van der Waals surface area contributed by atoms with E-state index >= 15 is 0 Å². The van der Waals surface area contributed by atoms with E-state index in [-0.39, 0.29) is 18.3 Å². The lowest BCUT2D eigenvalue weighted by Crippen LogP contribution is -2.34. The minimum Gasteiger partial charge on any atom is -0.350 e. The van der Waals surface area contributed by atoms with Gasteiger partial charge in [-0.25, -0.2) is 9.07 Å². The van der Waals surface area contributed by atoms with Crippen molar-refractivity contribution in [2.24, 2.45) is 0 Å². The predicted molar refractivity (Wildman–Crippen MR) is 100 cm³/mol. The summed E-state index contributed by atoms with van der Waals surface area (Å²) in [5.41, 5.74) is 1.53. The predicted octanol–water partition coefficient (Wildman–Crippen LogP) is 3.53. The highest BCUT2D eigenvalue weighted by Crippen LogP contribution is 2.21. The number of aromatic nitrogens is 4. The van der Waals surface area contributed by atoms with Crippen LogP contribution in [0.5, 0.6) is 0 Å². The molecule has 3 aromatic rings. The molecule has 1 unspecified atom stereocenters. The number of rotatable bonds is 6. The van der Waals surface area contributed by atoms with Crippen LogP contribution >= 0.6 is 23.2 Å². The summed E-state index contributed by atoms with van der Waals surface area (Å²) in [6.07, 6.45) is 0.312. The third-order valence-electron chi connectivity index (χ3n) is 4.07. The number of aryl methyl sites for hydroxylation is 1. The second kappa shape index (κ2) is 8.45.